The van der Waals surface area contributed by atoms with Crippen LogP contribution in [-0.4, -0.2) is 53.7 Å². The van der Waals surface area contributed by atoms with Gasteiger partial charge < -0.3 is 20.5 Å². The van der Waals surface area contributed by atoms with Crippen molar-refractivity contribution in [3.8, 4) is 5.75 Å². The van der Waals surface area contributed by atoms with Crippen molar-refractivity contribution in [2.24, 2.45) is 0 Å². The summed E-state index contributed by atoms with van der Waals surface area (Å²) in [6.45, 7) is 5.32. The fraction of sp³-hybridized carbons (Fsp3) is 0.368. The van der Waals surface area contributed by atoms with Crippen LogP contribution in [0.2, 0.25) is 0 Å². The number of hydrogen-bond donors (Lipinski definition) is 2. The van der Waals surface area contributed by atoms with Crippen LogP contribution in [0.25, 0.3) is 0 Å². The Kier molecular flexibility index (Phi) is 5.58. The molecular weight excluding hydrogens is 332 g/mol. The molecule has 0 radical (unpaired) electrons. The predicted molar refractivity (Wildman–Crippen MR) is 100 cm³/mol. The van der Waals surface area contributed by atoms with Gasteiger partial charge in [-0.05, 0) is 30.7 Å². The number of carboxylic acid groups (broad SMARTS) is 1. The Labute approximate surface area is 153 Å². The van der Waals surface area contributed by atoms with Gasteiger partial charge in [-0.15, -0.1) is 0 Å². The van der Waals surface area contributed by atoms with Gasteiger partial charge in [-0.3, -0.25) is 9.69 Å². The lowest BCUT2D eigenvalue weighted by Gasteiger charge is -2.39. The number of nitrogen functional groups attached to an aromatic ring is 1. The molecule has 0 saturated carbocycles. The highest BCUT2D eigenvalue weighted by molar-refractivity contribution is 5.75. The molecule has 0 unspecified atom stereocenters. The molecule has 0 bridgehead atoms. The Balaban J connectivity index is 1.72. The van der Waals surface area contributed by atoms with E-state index in [0.29, 0.717) is 31.1 Å². The van der Waals surface area contributed by atoms with Crippen molar-refractivity contribution < 1.29 is 14.6 Å². The molecule has 7 nitrogen and oxygen atoms in total. The van der Waals surface area contributed by atoms with Crippen molar-refractivity contribution in [1.82, 2.24) is 9.88 Å². The van der Waals surface area contributed by atoms with E-state index in [9.17, 15) is 9.90 Å². The van der Waals surface area contributed by atoms with E-state index in [2.05, 4.69) is 9.88 Å². The molecule has 1 aromatic heterocycles. The summed E-state index contributed by atoms with van der Waals surface area (Å²) in [5.41, 5.74) is 7.31. The zero-order valence-electron chi connectivity index (χ0n) is 14.8. The number of nitrogens with zero attached hydrogens (tertiary/aromatic N) is 3. The van der Waals surface area contributed by atoms with Crippen molar-refractivity contribution in [3.63, 3.8) is 0 Å². The van der Waals surface area contributed by atoms with Crippen molar-refractivity contribution >= 4 is 17.5 Å². The summed E-state index contributed by atoms with van der Waals surface area (Å²) in [6, 6.07) is 10.6. The van der Waals surface area contributed by atoms with Crippen molar-refractivity contribution in [1.29, 1.82) is 0 Å². The van der Waals surface area contributed by atoms with Crippen LogP contribution < -0.4 is 15.4 Å². The van der Waals surface area contributed by atoms with Gasteiger partial charge in [-0.2, -0.15) is 0 Å². The molecular formula is C19H24N4O3. The standard InChI is InChI=1S/C19H24N4O3/c1-2-26-16-6-4-3-5-15(16)22-9-11-23(12-10-22)18(19(24)25)14-7-8-17(20)21-13-14/h3-8,13,18H,2,9-12H2,1H3,(H2,20,21)(H,24,25)/t18-/m1/s1. The van der Waals surface area contributed by atoms with Gasteiger partial charge in [0.25, 0.3) is 0 Å². The van der Waals surface area contributed by atoms with Crippen LogP contribution in [0.5, 0.6) is 5.75 Å². The first-order valence-corrected chi connectivity index (χ1v) is 8.75. The van der Waals surface area contributed by atoms with E-state index >= 15 is 0 Å². The van der Waals surface area contributed by atoms with Crippen molar-refractivity contribution in [3.05, 3.63) is 48.2 Å². The minimum absolute atomic E-state index is 0.384. The Bertz CT molecular complexity index is 743. The van der Waals surface area contributed by atoms with Crippen LogP contribution in [0.3, 0.4) is 0 Å². The third kappa shape index (κ3) is 3.88. The summed E-state index contributed by atoms with van der Waals surface area (Å²) in [7, 11) is 0. The number of pyridine rings is 1. The molecule has 7 heteroatoms. The summed E-state index contributed by atoms with van der Waals surface area (Å²) in [4.78, 5) is 20.1. The monoisotopic (exact) mass is 356 g/mol. The van der Waals surface area contributed by atoms with Crippen LogP contribution >= 0.6 is 0 Å². The fourth-order valence-electron chi connectivity index (χ4n) is 3.31. The number of carboxylic acids is 1. The molecule has 0 spiro atoms. The SMILES string of the molecule is CCOc1ccccc1N1CCN([C@@H](C(=O)O)c2ccc(N)nc2)CC1. The summed E-state index contributed by atoms with van der Waals surface area (Å²) in [6.07, 6.45) is 1.55. The molecule has 26 heavy (non-hydrogen) atoms. The summed E-state index contributed by atoms with van der Waals surface area (Å²) in [5, 5.41) is 9.71. The number of aromatic nitrogens is 1. The van der Waals surface area contributed by atoms with E-state index in [4.69, 9.17) is 10.5 Å². The van der Waals surface area contributed by atoms with E-state index in [-0.39, 0.29) is 0 Å². The number of hydrogen-bond acceptors (Lipinski definition) is 6. The van der Waals surface area contributed by atoms with Gasteiger partial charge in [0.05, 0.1) is 12.3 Å². The minimum Gasteiger partial charge on any atom is -0.492 e. The van der Waals surface area contributed by atoms with Crippen molar-refractivity contribution in [2.45, 2.75) is 13.0 Å². The number of piperazine rings is 1. The predicted octanol–water partition coefficient (Wildman–Crippen LogP) is 2.01. The van der Waals surface area contributed by atoms with Crippen LogP contribution in [0.1, 0.15) is 18.5 Å². The average molecular weight is 356 g/mol. The van der Waals surface area contributed by atoms with E-state index in [0.717, 1.165) is 24.5 Å². The maximum absolute atomic E-state index is 11.8. The van der Waals surface area contributed by atoms with E-state index in [1.165, 1.54) is 0 Å². The molecule has 2 heterocycles. The molecule has 1 atom stereocenters. The number of rotatable bonds is 6. The topological polar surface area (TPSA) is 91.9 Å². The van der Waals surface area contributed by atoms with Crippen LogP contribution in [0.4, 0.5) is 11.5 Å². The molecule has 2 aromatic rings. The first-order valence-electron chi connectivity index (χ1n) is 8.75. The second kappa shape index (κ2) is 8.05. The molecule has 138 valence electrons. The Hall–Kier alpha value is -2.80. The van der Waals surface area contributed by atoms with E-state index < -0.39 is 12.0 Å². The number of carbonyl (C=O) groups is 1. The zero-order valence-corrected chi connectivity index (χ0v) is 14.8. The molecule has 1 aromatic carbocycles. The molecule has 1 saturated heterocycles. The highest BCUT2D eigenvalue weighted by atomic mass is 16.5. The van der Waals surface area contributed by atoms with Gasteiger partial charge in [0.2, 0.25) is 0 Å². The minimum atomic E-state index is -0.875. The highest BCUT2D eigenvalue weighted by Crippen LogP contribution is 2.30. The van der Waals surface area contributed by atoms with Crippen LogP contribution in [0, 0.1) is 0 Å². The molecule has 1 fully saturated rings. The molecule has 3 N–H and O–H groups in total. The van der Waals surface area contributed by atoms with Gasteiger partial charge in [-0.1, -0.05) is 18.2 Å². The first kappa shape index (κ1) is 18.0. The highest BCUT2D eigenvalue weighted by Gasteiger charge is 2.31. The average Bonchev–Trinajstić information content (AvgIpc) is 2.65. The van der Waals surface area contributed by atoms with Gasteiger partial charge in [0, 0.05) is 32.4 Å². The van der Waals surface area contributed by atoms with Gasteiger partial charge >= 0.3 is 5.97 Å². The van der Waals surface area contributed by atoms with Crippen molar-refractivity contribution in [2.75, 3.05) is 43.4 Å². The molecule has 0 aliphatic carbocycles. The smallest absolute Gasteiger partial charge is 0.325 e. The molecule has 3 rings (SSSR count). The maximum atomic E-state index is 11.8. The van der Waals surface area contributed by atoms with Crippen LogP contribution in [-0.2, 0) is 4.79 Å². The lowest BCUT2D eigenvalue weighted by molar-refractivity contribution is -0.143. The normalized spacial score (nSPS) is 16.3. The molecule has 0 amide bonds. The molecule has 1 aliphatic heterocycles. The first-order chi connectivity index (χ1) is 12.6. The number of benzene rings is 1. The van der Waals surface area contributed by atoms with Gasteiger partial charge in [0.15, 0.2) is 0 Å². The number of anilines is 2. The second-order valence-electron chi connectivity index (χ2n) is 6.18. The second-order valence-corrected chi connectivity index (χ2v) is 6.18. The van der Waals surface area contributed by atoms with Crippen LogP contribution in [0.15, 0.2) is 42.6 Å². The van der Waals surface area contributed by atoms with E-state index in [1.54, 1.807) is 18.3 Å². The fourth-order valence-corrected chi connectivity index (χ4v) is 3.31. The Morgan fingerprint density at radius 2 is 1.96 bits per heavy atom. The quantitative estimate of drug-likeness (QED) is 0.818. The third-order valence-corrected chi connectivity index (χ3v) is 4.54. The number of para-hydroxylation sites is 2. The number of aliphatic carboxylic acids is 1. The van der Waals surface area contributed by atoms with E-state index in [1.807, 2.05) is 36.1 Å². The Morgan fingerprint density at radius 1 is 1.23 bits per heavy atom. The molecule has 1 aliphatic rings. The Morgan fingerprint density at radius 3 is 2.58 bits per heavy atom. The third-order valence-electron chi connectivity index (χ3n) is 4.54. The van der Waals surface area contributed by atoms with Gasteiger partial charge in [-0.25, -0.2) is 4.98 Å². The summed E-state index contributed by atoms with van der Waals surface area (Å²) >= 11 is 0. The number of ether oxygens (including phenoxy) is 1. The lowest BCUT2D eigenvalue weighted by atomic mass is 10.1. The lowest BCUT2D eigenvalue weighted by Crippen LogP contribution is -2.49. The maximum Gasteiger partial charge on any atom is 0.325 e. The van der Waals surface area contributed by atoms with Gasteiger partial charge in [0.1, 0.15) is 17.6 Å². The summed E-state index contributed by atoms with van der Waals surface area (Å²) in [5.74, 6) is 0.371. The largest absolute Gasteiger partial charge is 0.492 e. The summed E-state index contributed by atoms with van der Waals surface area (Å²) < 4.78 is 5.71. The zero-order chi connectivity index (χ0) is 18.5. The number of nitrogens with two attached hydrogens (primary N) is 1.